The number of fused-ring (bicyclic) bond motifs is 1. The maximum atomic E-state index is 14.0. The van der Waals surface area contributed by atoms with E-state index in [1.54, 1.807) is 23.5 Å². The number of thiophene rings is 1. The summed E-state index contributed by atoms with van der Waals surface area (Å²) in [6.45, 7) is 9.64. The monoisotopic (exact) mass is 457 g/mol. The van der Waals surface area contributed by atoms with Gasteiger partial charge in [-0.1, -0.05) is 32.9 Å². The molecule has 0 saturated carbocycles. The maximum absolute atomic E-state index is 14.0. The summed E-state index contributed by atoms with van der Waals surface area (Å²) in [5.74, 6) is 0.0351. The number of halogens is 1. The lowest BCUT2D eigenvalue weighted by molar-refractivity contribution is -0.145. The minimum Gasteiger partial charge on any atom is -0.339 e. The number of carbonyl (C=O) groups excluding carboxylic acids is 2. The molecule has 3 heterocycles. The van der Waals surface area contributed by atoms with Crippen LogP contribution in [-0.4, -0.2) is 65.8 Å². The summed E-state index contributed by atoms with van der Waals surface area (Å²) in [5.41, 5.74) is 1.77. The molecule has 4 rings (SSSR count). The minimum absolute atomic E-state index is 0.0187. The van der Waals surface area contributed by atoms with Crippen LogP contribution in [0.1, 0.15) is 49.2 Å². The Bertz CT molecular complexity index is 976. The molecule has 1 aromatic heterocycles. The van der Waals surface area contributed by atoms with Crippen LogP contribution in [0.3, 0.4) is 0 Å². The topological polar surface area (TPSA) is 43.9 Å². The van der Waals surface area contributed by atoms with Crippen molar-refractivity contribution in [3.63, 3.8) is 0 Å². The highest BCUT2D eigenvalue weighted by Crippen LogP contribution is 2.38. The Labute approximate surface area is 193 Å². The zero-order chi connectivity index (χ0) is 22.9. The van der Waals surface area contributed by atoms with E-state index >= 15 is 0 Å². The molecular weight excluding hydrogens is 425 g/mol. The SMILES string of the molecule is CC(C)(C)C(=O)N1CCN(C(=O)CCN2CCc3sccc3C2c2cccc(F)c2)CC1. The highest BCUT2D eigenvalue weighted by atomic mass is 32.1. The van der Waals surface area contributed by atoms with E-state index in [1.165, 1.54) is 16.5 Å². The molecule has 172 valence electrons. The number of rotatable bonds is 4. The molecule has 0 aliphatic carbocycles. The van der Waals surface area contributed by atoms with Gasteiger partial charge < -0.3 is 9.80 Å². The van der Waals surface area contributed by atoms with Crippen molar-refractivity contribution >= 4 is 23.2 Å². The van der Waals surface area contributed by atoms with Crippen LogP contribution < -0.4 is 0 Å². The van der Waals surface area contributed by atoms with Gasteiger partial charge in [0.2, 0.25) is 11.8 Å². The molecule has 2 aromatic rings. The zero-order valence-corrected chi connectivity index (χ0v) is 20.0. The fourth-order valence-corrected chi connectivity index (χ4v) is 5.61. The summed E-state index contributed by atoms with van der Waals surface area (Å²) in [5, 5.41) is 2.10. The Morgan fingerprint density at radius 3 is 2.47 bits per heavy atom. The Hall–Kier alpha value is -2.25. The largest absolute Gasteiger partial charge is 0.339 e. The van der Waals surface area contributed by atoms with Crippen LogP contribution in [0.4, 0.5) is 4.39 Å². The first kappa shape index (κ1) is 22.9. The summed E-state index contributed by atoms with van der Waals surface area (Å²) in [7, 11) is 0. The molecule has 0 radical (unpaired) electrons. The van der Waals surface area contributed by atoms with Gasteiger partial charge in [0.15, 0.2) is 0 Å². The van der Waals surface area contributed by atoms with E-state index in [2.05, 4.69) is 16.3 Å². The van der Waals surface area contributed by atoms with Gasteiger partial charge in [-0.15, -0.1) is 11.3 Å². The minimum atomic E-state index is -0.396. The summed E-state index contributed by atoms with van der Waals surface area (Å²) in [6.07, 6.45) is 1.39. The van der Waals surface area contributed by atoms with Crippen molar-refractivity contribution in [2.24, 2.45) is 5.41 Å². The summed E-state index contributed by atoms with van der Waals surface area (Å²) < 4.78 is 14.0. The predicted octanol–water partition coefficient (Wildman–Crippen LogP) is 3.94. The quantitative estimate of drug-likeness (QED) is 0.699. The van der Waals surface area contributed by atoms with E-state index in [9.17, 15) is 14.0 Å². The molecule has 0 N–H and O–H groups in total. The molecule has 2 aliphatic rings. The van der Waals surface area contributed by atoms with Crippen LogP contribution in [0.2, 0.25) is 0 Å². The average Bonchev–Trinajstić information content (AvgIpc) is 3.25. The molecule has 0 spiro atoms. The van der Waals surface area contributed by atoms with Crippen molar-refractivity contribution in [2.45, 2.75) is 39.7 Å². The first-order chi connectivity index (χ1) is 15.2. The molecule has 1 saturated heterocycles. The molecule has 0 bridgehead atoms. The van der Waals surface area contributed by atoms with E-state index in [0.717, 1.165) is 18.5 Å². The molecule has 1 fully saturated rings. The van der Waals surface area contributed by atoms with Gasteiger partial charge in [-0.25, -0.2) is 4.39 Å². The van der Waals surface area contributed by atoms with Gasteiger partial charge in [0.1, 0.15) is 5.82 Å². The van der Waals surface area contributed by atoms with E-state index in [0.29, 0.717) is 39.1 Å². The lowest BCUT2D eigenvalue weighted by Crippen LogP contribution is -2.53. The third kappa shape index (κ3) is 4.89. The Morgan fingerprint density at radius 1 is 1.06 bits per heavy atom. The van der Waals surface area contributed by atoms with Gasteiger partial charge in [-0.2, -0.15) is 0 Å². The van der Waals surface area contributed by atoms with Crippen LogP contribution in [0.25, 0.3) is 0 Å². The number of nitrogens with zero attached hydrogens (tertiary/aromatic N) is 3. The number of piperazine rings is 1. The smallest absolute Gasteiger partial charge is 0.228 e. The maximum Gasteiger partial charge on any atom is 0.228 e. The van der Waals surface area contributed by atoms with Crippen molar-refractivity contribution in [3.05, 3.63) is 57.5 Å². The number of carbonyl (C=O) groups is 2. The molecule has 7 heteroatoms. The summed E-state index contributed by atoms with van der Waals surface area (Å²) in [6, 6.07) is 8.92. The Kier molecular flexibility index (Phi) is 6.67. The lowest BCUT2D eigenvalue weighted by Gasteiger charge is -2.39. The van der Waals surface area contributed by atoms with Crippen LogP contribution in [0.15, 0.2) is 35.7 Å². The fourth-order valence-electron chi connectivity index (χ4n) is 4.71. The number of benzene rings is 1. The van der Waals surface area contributed by atoms with E-state index < -0.39 is 5.41 Å². The average molecular weight is 458 g/mol. The molecular formula is C25H32FN3O2S. The second-order valence-corrected chi connectivity index (χ2v) is 10.7. The van der Waals surface area contributed by atoms with Crippen LogP contribution in [0, 0.1) is 11.2 Å². The summed E-state index contributed by atoms with van der Waals surface area (Å²) in [4.78, 5) is 32.8. The molecule has 2 aliphatic heterocycles. The molecule has 1 unspecified atom stereocenters. The standard InChI is InChI=1S/C25H32FN3O2S/c1-25(2,3)24(31)29-14-12-27(13-15-29)22(30)8-11-28-10-7-21-20(9-16-32-21)23(28)18-5-4-6-19(26)17-18/h4-6,9,16-17,23H,7-8,10-15H2,1-3H3. The van der Waals surface area contributed by atoms with Gasteiger partial charge >= 0.3 is 0 Å². The second kappa shape index (κ2) is 9.32. The third-order valence-corrected chi connectivity index (χ3v) is 7.40. The first-order valence-corrected chi connectivity index (χ1v) is 12.2. The lowest BCUT2D eigenvalue weighted by atomic mass is 9.93. The van der Waals surface area contributed by atoms with Gasteiger partial charge in [0.05, 0.1) is 6.04 Å². The first-order valence-electron chi connectivity index (χ1n) is 11.4. The van der Waals surface area contributed by atoms with Gasteiger partial charge in [0.25, 0.3) is 0 Å². The van der Waals surface area contributed by atoms with Crippen molar-refractivity contribution < 1.29 is 14.0 Å². The normalized spacial score (nSPS) is 19.7. The fraction of sp³-hybridized carbons (Fsp3) is 0.520. The number of amides is 2. The second-order valence-electron chi connectivity index (χ2n) is 9.72. The van der Waals surface area contributed by atoms with Gasteiger partial charge in [0, 0.05) is 56.0 Å². The van der Waals surface area contributed by atoms with Gasteiger partial charge in [-0.05, 0) is 41.1 Å². The van der Waals surface area contributed by atoms with Crippen molar-refractivity contribution in [3.8, 4) is 0 Å². The van der Waals surface area contributed by atoms with E-state index in [-0.39, 0.29) is 23.7 Å². The van der Waals surface area contributed by atoms with E-state index in [4.69, 9.17) is 0 Å². The molecule has 1 atom stereocenters. The molecule has 1 aromatic carbocycles. The van der Waals surface area contributed by atoms with Crippen molar-refractivity contribution in [2.75, 3.05) is 39.3 Å². The highest BCUT2D eigenvalue weighted by molar-refractivity contribution is 7.10. The number of hydrogen-bond donors (Lipinski definition) is 0. The van der Waals surface area contributed by atoms with Gasteiger partial charge in [-0.3, -0.25) is 14.5 Å². The van der Waals surface area contributed by atoms with Crippen LogP contribution in [-0.2, 0) is 16.0 Å². The van der Waals surface area contributed by atoms with Crippen molar-refractivity contribution in [1.29, 1.82) is 0 Å². The van der Waals surface area contributed by atoms with Crippen molar-refractivity contribution in [1.82, 2.24) is 14.7 Å². The molecule has 5 nitrogen and oxygen atoms in total. The third-order valence-electron chi connectivity index (χ3n) is 6.40. The Balaban J connectivity index is 1.39. The summed E-state index contributed by atoms with van der Waals surface area (Å²) >= 11 is 1.75. The molecule has 32 heavy (non-hydrogen) atoms. The Morgan fingerprint density at radius 2 is 1.78 bits per heavy atom. The number of hydrogen-bond acceptors (Lipinski definition) is 4. The van der Waals surface area contributed by atoms with E-state index in [1.807, 2.05) is 36.6 Å². The molecule has 2 amide bonds. The highest BCUT2D eigenvalue weighted by Gasteiger charge is 2.32. The van der Waals surface area contributed by atoms with Crippen LogP contribution in [0.5, 0.6) is 0 Å². The zero-order valence-electron chi connectivity index (χ0n) is 19.1. The van der Waals surface area contributed by atoms with Crippen LogP contribution >= 0.6 is 11.3 Å². The predicted molar refractivity (Wildman–Crippen MR) is 125 cm³/mol.